The quantitative estimate of drug-likeness (QED) is 0.832. The van der Waals surface area contributed by atoms with E-state index in [2.05, 4.69) is 5.32 Å². The number of carbonyl (C=O) groups is 1. The Morgan fingerprint density at radius 3 is 2.21 bits per heavy atom. The van der Waals surface area contributed by atoms with Gasteiger partial charge in [0.25, 0.3) is 5.91 Å². The Bertz CT molecular complexity index is 676. The molecule has 1 N–H and O–H groups in total. The van der Waals surface area contributed by atoms with Crippen molar-refractivity contribution in [3.8, 4) is 17.2 Å². The summed E-state index contributed by atoms with van der Waals surface area (Å²) in [7, 11) is 3.09. The van der Waals surface area contributed by atoms with Gasteiger partial charge in [0.05, 0.1) is 14.2 Å². The number of rotatable bonds is 7. The van der Waals surface area contributed by atoms with Crippen LogP contribution in [0.2, 0.25) is 5.02 Å². The molecule has 0 saturated heterocycles. The van der Waals surface area contributed by atoms with Crippen molar-refractivity contribution in [3.63, 3.8) is 0 Å². The van der Waals surface area contributed by atoms with Gasteiger partial charge in [0.15, 0.2) is 18.1 Å². The lowest BCUT2D eigenvalue weighted by Crippen LogP contribution is -2.28. The van der Waals surface area contributed by atoms with Crippen molar-refractivity contribution in [1.29, 1.82) is 0 Å². The van der Waals surface area contributed by atoms with Crippen LogP contribution < -0.4 is 19.5 Å². The average molecular weight is 350 g/mol. The number of methoxy groups -OCH3 is 2. The van der Waals surface area contributed by atoms with Gasteiger partial charge in [0.2, 0.25) is 5.75 Å². The number of ether oxygens (including phenoxy) is 3. The first kappa shape index (κ1) is 17.9. The topological polar surface area (TPSA) is 56.8 Å². The smallest absolute Gasteiger partial charge is 0.258 e. The van der Waals surface area contributed by atoms with E-state index < -0.39 is 0 Å². The molecule has 0 aliphatic carbocycles. The van der Waals surface area contributed by atoms with E-state index in [-0.39, 0.29) is 12.5 Å². The van der Waals surface area contributed by atoms with Crippen LogP contribution in [0.15, 0.2) is 36.4 Å². The first-order valence-corrected chi connectivity index (χ1v) is 7.78. The number of halogens is 1. The highest BCUT2D eigenvalue weighted by molar-refractivity contribution is 6.30. The lowest BCUT2D eigenvalue weighted by atomic mass is 10.2. The van der Waals surface area contributed by atoms with Gasteiger partial charge < -0.3 is 19.5 Å². The molecule has 0 aliphatic heterocycles. The average Bonchev–Trinajstić information content (AvgIpc) is 2.59. The number of hydrogen-bond donors (Lipinski definition) is 1. The summed E-state index contributed by atoms with van der Waals surface area (Å²) < 4.78 is 16.2. The van der Waals surface area contributed by atoms with Gasteiger partial charge in [-0.1, -0.05) is 23.7 Å². The largest absolute Gasteiger partial charge is 0.493 e. The molecule has 0 atom stereocenters. The second-order valence-electron chi connectivity index (χ2n) is 5.19. The first-order chi connectivity index (χ1) is 11.5. The van der Waals surface area contributed by atoms with E-state index in [4.69, 9.17) is 25.8 Å². The minimum Gasteiger partial charge on any atom is -0.493 e. The van der Waals surface area contributed by atoms with E-state index in [9.17, 15) is 4.79 Å². The highest BCUT2D eigenvalue weighted by Crippen LogP contribution is 2.38. The second kappa shape index (κ2) is 8.45. The van der Waals surface area contributed by atoms with Crippen LogP contribution in [0.4, 0.5) is 0 Å². The minimum atomic E-state index is -0.241. The Kier molecular flexibility index (Phi) is 6.32. The van der Waals surface area contributed by atoms with Gasteiger partial charge in [-0.3, -0.25) is 4.79 Å². The van der Waals surface area contributed by atoms with Gasteiger partial charge in [-0.15, -0.1) is 0 Å². The molecular weight excluding hydrogens is 330 g/mol. The van der Waals surface area contributed by atoms with Crippen molar-refractivity contribution >= 4 is 17.5 Å². The van der Waals surface area contributed by atoms with Crippen LogP contribution in [-0.2, 0) is 11.3 Å². The highest BCUT2D eigenvalue weighted by Gasteiger charge is 2.14. The van der Waals surface area contributed by atoms with Crippen molar-refractivity contribution < 1.29 is 19.0 Å². The third-order valence-electron chi connectivity index (χ3n) is 3.36. The number of aryl methyl sites for hydroxylation is 1. The number of amides is 1. The molecule has 0 spiro atoms. The minimum absolute atomic E-state index is 0.136. The van der Waals surface area contributed by atoms with Gasteiger partial charge >= 0.3 is 0 Å². The van der Waals surface area contributed by atoms with Crippen LogP contribution in [-0.4, -0.2) is 26.7 Å². The van der Waals surface area contributed by atoms with Crippen molar-refractivity contribution in [3.05, 3.63) is 52.5 Å². The molecule has 5 nitrogen and oxygen atoms in total. The van der Waals surface area contributed by atoms with Crippen LogP contribution >= 0.6 is 11.6 Å². The molecule has 2 aromatic carbocycles. The molecule has 0 aromatic heterocycles. The maximum absolute atomic E-state index is 12.0. The second-order valence-corrected chi connectivity index (χ2v) is 5.63. The zero-order valence-electron chi connectivity index (χ0n) is 13.9. The molecule has 1 amide bonds. The molecule has 6 heteroatoms. The molecule has 24 heavy (non-hydrogen) atoms. The molecule has 2 aromatic rings. The van der Waals surface area contributed by atoms with E-state index >= 15 is 0 Å². The Hall–Kier alpha value is -2.40. The van der Waals surface area contributed by atoms with Crippen molar-refractivity contribution in [2.24, 2.45) is 0 Å². The van der Waals surface area contributed by atoms with Crippen LogP contribution in [0.3, 0.4) is 0 Å². The predicted molar refractivity (Wildman–Crippen MR) is 93.1 cm³/mol. The summed E-state index contributed by atoms with van der Waals surface area (Å²) in [5, 5.41) is 3.45. The van der Waals surface area contributed by atoms with Gasteiger partial charge in [0, 0.05) is 11.6 Å². The fourth-order valence-corrected chi connectivity index (χ4v) is 2.27. The van der Waals surface area contributed by atoms with E-state index in [0.717, 1.165) is 11.1 Å². The fraction of sp³-hybridized carbons (Fsp3) is 0.278. The third-order valence-corrected chi connectivity index (χ3v) is 3.61. The number of carbonyl (C=O) groups excluding carboxylic acids is 1. The molecule has 0 radical (unpaired) electrons. The van der Waals surface area contributed by atoms with Gasteiger partial charge in [0.1, 0.15) is 0 Å². The lowest BCUT2D eigenvalue weighted by Gasteiger charge is -2.15. The summed E-state index contributed by atoms with van der Waals surface area (Å²) in [5.74, 6) is 1.22. The normalized spacial score (nSPS) is 10.2. The summed E-state index contributed by atoms with van der Waals surface area (Å²) in [6.07, 6.45) is 0. The molecule has 0 fully saturated rings. The SMILES string of the molecule is COc1cc(C)cc(OC)c1OCC(=O)NCc1ccc(Cl)cc1. The zero-order valence-corrected chi connectivity index (χ0v) is 14.6. The fourth-order valence-electron chi connectivity index (χ4n) is 2.14. The Morgan fingerprint density at radius 1 is 1.08 bits per heavy atom. The van der Waals surface area contributed by atoms with Gasteiger partial charge in [-0.2, -0.15) is 0 Å². The number of nitrogens with one attached hydrogen (secondary N) is 1. The molecule has 2 rings (SSSR count). The van der Waals surface area contributed by atoms with Gasteiger partial charge in [-0.05, 0) is 42.3 Å². The Labute approximate surface area is 146 Å². The van der Waals surface area contributed by atoms with Crippen molar-refractivity contribution in [1.82, 2.24) is 5.32 Å². The van der Waals surface area contributed by atoms with Crippen LogP contribution in [0.25, 0.3) is 0 Å². The number of hydrogen-bond acceptors (Lipinski definition) is 4. The summed E-state index contributed by atoms with van der Waals surface area (Å²) in [5.41, 5.74) is 1.93. The zero-order chi connectivity index (χ0) is 17.5. The maximum Gasteiger partial charge on any atom is 0.258 e. The molecule has 0 heterocycles. The standard InChI is InChI=1S/C18H20ClNO4/c1-12-8-15(22-2)18(16(9-12)23-3)24-11-17(21)20-10-13-4-6-14(19)7-5-13/h4-9H,10-11H2,1-3H3,(H,20,21). The number of benzene rings is 2. The Balaban J connectivity index is 1.95. The van der Waals surface area contributed by atoms with E-state index in [0.29, 0.717) is 28.8 Å². The van der Waals surface area contributed by atoms with Crippen LogP contribution in [0, 0.1) is 6.92 Å². The molecule has 0 unspecified atom stereocenters. The van der Waals surface area contributed by atoms with Gasteiger partial charge in [-0.25, -0.2) is 0 Å². The Morgan fingerprint density at radius 2 is 1.67 bits per heavy atom. The summed E-state index contributed by atoms with van der Waals surface area (Å²) in [6.45, 7) is 2.19. The maximum atomic E-state index is 12.0. The van der Waals surface area contributed by atoms with Crippen LogP contribution in [0.1, 0.15) is 11.1 Å². The van der Waals surface area contributed by atoms with E-state index in [1.807, 2.05) is 31.2 Å². The monoisotopic (exact) mass is 349 g/mol. The molecule has 0 saturated carbocycles. The van der Waals surface area contributed by atoms with Crippen molar-refractivity contribution in [2.75, 3.05) is 20.8 Å². The molecule has 0 aliphatic rings. The predicted octanol–water partition coefficient (Wildman–Crippen LogP) is 3.36. The van der Waals surface area contributed by atoms with E-state index in [1.54, 1.807) is 26.4 Å². The lowest BCUT2D eigenvalue weighted by molar-refractivity contribution is -0.123. The summed E-state index contributed by atoms with van der Waals surface area (Å²) in [4.78, 5) is 12.0. The third kappa shape index (κ3) is 4.80. The van der Waals surface area contributed by atoms with Crippen LogP contribution in [0.5, 0.6) is 17.2 Å². The highest BCUT2D eigenvalue weighted by atomic mass is 35.5. The van der Waals surface area contributed by atoms with Crippen molar-refractivity contribution in [2.45, 2.75) is 13.5 Å². The summed E-state index contributed by atoms with van der Waals surface area (Å²) in [6, 6.07) is 10.9. The van der Waals surface area contributed by atoms with E-state index in [1.165, 1.54) is 0 Å². The molecular formula is C18H20ClNO4. The summed E-state index contributed by atoms with van der Waals surface area (Å²) >= 11 is 5.83. The molecule has 0 bridgehead atoms. The molecule has 128 valence electrons. The first-order valence-electron chi connectivity index (χ1n) is 7.40.